The smallest absolute Gasteiger partial charge is 0.341 e. The molecule has 0 saturated carbocycles. The highest BCUT2D eigenvalue weighted by Gasteiger charge is 2.19. The van der Waals surface area contributed by atoms with Crippen LogP contribution in [-0.4, -0.2) is 23.8 Å². The summed E-state index contributed by atoms with van der Waals surface area (Å²) in [6, 6.07) is 14.8. The molecule has 29 heavy (non-hydrogen) atoms. The third-order valence-corrected chi connectivity index (χ3v) is 4.03. The van der Waals surface area contributed by atoms with Crippen molar-refractivity contribution in [2.24, 2.45) is 0 Å². The Hall–Kier alpha value is -4.07. The third kappa shape index (κ3) is 4.44. The zero-order valence-electron chi connectivity index (χ0n) is 15.1. The van der Waals surface area contributed by atoms with Gasteiger partial charge < -0.3 is 9.47 Å². The Balaban J connectivity index is 1.84. The number of ether oxygens (including phenoxy) is 2. The summed E-state index contributed by atoms with van der Waals surface area (Å²) in [6.45, 7) is 0. The molecule has 3 rings (SSSR count). The van der Waals surface area contributed by atoms with Gasteiger partial charge in [-0.2, -0.15) is 0 Å². The fourth-order valence-electron chi connectivity index (χ4n) is 2.56. The number of hydrogen-bond donors (Lipinski definition) is 0. The molecule has 3 aromatic rings. The highest BCUT2D eigenvalue weighted by Crippen LogP contribution is 2.29. The highest BCUT2D eigenvalue weighted by molar-refractivity contribution is 6.09. The first kappa shape index (κ1) is 19.7. The van der Waals surface area contributed by atoms with Crippen molar-refractivity contribution in [3.8, 4) is 11.5 Å². The molecule has 7 nitrogen and oxygen atoms in total. The lowest BCUT2D eigenvalue weighted by atomic mass is 10.0. The van der Waals surface area contributed by atoms with Gasteiger partial charge in [-0.3, -0.25) is 14.9 Å². The Bertz CT molecular complexity index is 1080. The minimum absolute atomic E-state index is 0.0695. The molecule has 0 saturated heterocycles. The van der Waals surface area contributed by atoms with Gasteiger partial charge in [0.2, 0.25) is 0 Å². The van der Waals surface area contributed by atoms with Crippen LogP contribution in [0.4, 0.5) is 10.1 Å². The number of halogens is 1. The maximum absolute atomic E-state index is 13.0. The first-order valence-corrected chi connectivity index (χ1v) is 8.34. The number of benzene rings is 3. The molecule has 0 bridgehead atoms. The Labute approximate surface area is 164 Å². The molecule has 0 aromatic heterocycles. The molecule has 8 heteroatoms. The van der Waals surface area contributed by atoms with Gasteiger partial charge in [0, 0.05) is 23.3 Å². The second-order valence-electron chi connectivity index (χ2n) is 5.89. The minimum Gasteiger partial charge on any atom is -0.465 e. The average Bonchev–Trinajstić information content (AvgIpc) is 2.74. The zero-order valence-corrected chi connectivity index (χ0v) is 15.1. The van der Waals surface area contributed by atoms with Crippen LogP contribution in [0.25, 0.3) is 0 Å². The lowest BCUT2D eigenvalue weighted by molar-refractivity contribution is -0.384. The maximum atomic E-state index is 13.0. The van der Waals surface area contributed by atoms with E-state index in [0.29, 0.717) is 16.9 Å². The monoisotopic (exact) mass is 395 g/mol. The molecule has 0 unspecified atom stereocenters. The topological polar surface area (TPSA) is 95.7 Å². The number of methoxy groups -OCH3 is 1. The summed E-state index contributed by atoms with van der Waals surface area (Å²) in [6.07, 6.45) is 0. The van der Waals surface area contributed by atoms with E-state index < -0.39 is 16.7 Å². The molecule has 0 aliphatic heterocycles. The van der Waals surface area contributed by atoms with Crippen LogP contribution < -0.4 is 4.74 Å². The molecule has 0 aliphatic carbocycles. The van der Waals surface area contributed by atoms with E-state index in [1.54, 1.807) is 0 Å². The Kier molecular flexibility index (Phi) is 5.64. The summed E-state index contributed by atoms with van der Waals surface area (Å²) >= 11 is 0. The number of rotatable bonds is 6. The van der Waals surface area contributed by atoms with Crippen LogP contribution in [0.15, 0.2) is 66.7 Å². The van der Waals surface area contributed by atoms with Crippen molar-refractivity contribution in [3.05, 3.63) is 99.4 Å². The largest absolute Gasteiger partial charge is 0.465 e. The van der Waals surface area contributed by atoms with Gasteiger partial charge in [-0.05, 0) is 54.6 Å². The van der Waals surface area contributed by atoms with Gasteiger partial charge in [0.25, 0.3) is 5.69 Å². The Morgan fingerprint density at radius 2 is 1.52 bits per heavy atom. The minimum atomic E-state index is -0.785. The Morgan fingerprint density at radius 1 is 0.931 bits per heavy atom. The van der Waals surface area contributed by atoms with E-state index in [4.69, 9.17) is 4.74 Å². The van der Waals surface area contributed by atoms with Gasteiger partial charge in [-0.15, -0.1) is 0 Å². The van der Waals surface area contributed by atoms with E-state index in [-0.39, 0.29) is 22.8 Å². The van der Waals surface area contributed by atoms with E-state index >= 15 is 0 Å². The van der Waals surface area contributed by atoms with Crippen molar-refractivity contribution in [2.75, 3.05) is 7.11 Å². The Morgan fingerprint density at radius 3 is 2.07 bits per heavy atom. The van der Waals surface area contributed by atoms with E-state index in [1.165, 1.54) is 60.7 Å². The predicted octanol–water partition coefficient (Wildman–Crippen LogP) is 4.54. The molecule has 0 aliphatic rings. The number of esters is 1. The summed E-state index contributed by atoms with van der Waals surface area (Å²) in [5.74, 6) is -1.14. The summed E-state index contributed by atoms with van der Waals surface area (Å²) in [5.41, 5.74) is 0.315. The van der Waals surface area contributed by atoms with Crippen LogP contribution in [-0.2, 0) is 4.74 Å². The maximum Gasteiger partial charge on any atom is 0.341 e. The molecule has 0 amide bonds. The molecule has 0 radical (unpaired) electrons. The molecule has 0 fully saturated rings. The van der Waals surface area contributed by atoms with Crippen LogP contribution in [0.5, 0.6) is 11.5 Å². The van der Waals surface area contributed by atoms with Gasteiger partial charge >= 0.3 is 5.97 Å². The van der Waals surface area contributed by atoms with Crippen molar-refractivity contribution in [1.82, 2.24) is 0 Å². The SMILES string of the molecule is COC(=O)c1cc([N+](=O)[O-])ccc1Oc1ccc(C(=O)c2ccc(F)cc2)cc1. The van der Waals surface area contributed by atoms with Crippen molar-refractivity contribution in [3.63, 3.8) is 0 Å². The summed E-state index contributed by atoms with van der Waals surface area (Å²) in [7, 11) is 1.15. The van der Waals surface area contributed by atoms with Crippen LogP contribution in [0.3, 0.4) is 0 Å². The molecule has 0 heterocycles. The van der Waals surface area contributed by atoms with Gasteiger partial charge in [0.1, 0.15) is 22.9 Å². The number of carbonyl (C=O) groups excluding carboxylic acids is 2. The normalized spacial score (nSPS) is 10.3. The molecule has 146 valence electrons. The number of nitro benzene ring substituents is 1. The van der Waals surface area contributed by atoms with E-state index in [9.17, 15) is 24.1 Å². The fourth-order valence-corrected chi connectivity index (χ4v) is 2.56. The van der Waals surface area contributed by atoms with Crippen LogP contribution in [0, 0.1) is 15.9 Å². The van der Waals surface area contributed by atoms with Gasteiger partial charge in [-0.1, -0.05) is 0 Å². The van der Waals surface area contributed by atoms with Crippen molar-refractivity contribution < 1.29 is 28.4 Å². The van der Waals surface area contributed by atoms with Gasteiger partial charge in [0.05, 0.1) is 12.0 Å². The van der Waals surface area contributed by atoms with Gasteiger partial charge in [-0.25, -0.2) is 9.18 Å². The first-order chi connectivity index (χ1) is 13.9. The second kappa shape index (κ2) is 8.30. The quantitative estimate of drug-likeness (QED) is 0.263. The first-order valence-electron chi connectivity index (χ1n) is 8.34. The van der Waals surface area contributed by atoms with Gasteiger partial charge in [0.15, 0.2) is 5.78 Å². The number of ketones is 1. The predicted molar refractivity (Wildman–Crippen MR) is 101 cm³/mol. The number of hydrogen-bond acceptors (Lipinski definition) is 6. The molecule has 3 aromatic carbocycles. The molecule has 0 atom stereocenters. The van der Waals surface area contributed by atoms with Crippen LogP contribution >= 0.6 is 0 Å². The average molecular weight is 395 g/mol. The standard InChI is InChI=1S/C21H14FNO6/c1-28-21(25)18-12-16(23(26)27)8-11-19(18)29-17-9-4-14(5-10-17)20(24)13-2-6-15(22)7-3-13/h2-12H,1H3. The van der Waals surface area contributed by atoms with Crippen LogP contribution in [0.2, 0.25) is 0 Å². The number of nitro groups is 1. The van der Waals surface area contributed by atoms with E-state index in [2.05, 4.69) is 4.74 Å². The number of non-ortho nitro benzene ring substituents is 1. The third-order valence-electron chi connectivity index (χ3n) is 4.03. The van der Waals surface area contributed by atoms with Crippen molar-refractivity contribution in [1.29, 1.82) is 0 Å². The lowest BCUT2D eigenvalue weighted by Gasteiger charge is -2.10. The highest BCUT2D eigenvalue weighted by atomic mass is 19.1. The summed E-state index contributed by atoms with van der Waals surface area (Å²) < 4.78 is 23.3. The van der Waals surface area contributed by atoms with Crippen LogP contribution in [0.1, 0.15) is 26.3 Å². The molecule has 0 spiro atoms. The summed E-state index contributed by atoms with van der Waals surface area (Å²) in [5, 5.41) is 10.9. The number of carbonyl (C=O) groups is 2. The van der Waals surface area contributed by atoms with E-state index in [0.717, 1.165) is 13.2 Å². The molecular formula is C21H14FNO6. The second-order valence-corrected chi connectivity index (χ2v) is 5.89. The zero-order chi connectivity index (χ0) is 21.0. The van der Waals surface area contributed by atoms with Crippen molar-refractivity contribution in [2.45, 2.75) is 0 Å². The molecular weight excluding hydrogens is 381 g/mol. The lowest BCUT2D eigenvalue weighted by Crippen LogP contribution is -2.05. The molecule has 0 N–H and O–H groups in total. The van der Waals surface area contributed by atoms with Crippen molar-refractivity contribution >= 4 is 17.4 Å². The summed E-state index contributed by atoms with van der Waals surface area (Å²) in [4.78, 5) is 34.6. The van der Waals surface area contributed by atoms with E-state index in [1.807, 2.05) is 0 Å². The number of nitrogens with zero attached hydrogens (tertiary/aromatic N) is 1. The fraction of sp³-hybridized carbons (Fsp3) is 0.0476.